The molecule has 0 heterocycles. The summed E-state index contributed by atoms with van der Waals surface area (Å²) in [5, 5.41) is 0.672. The van der Waals surface area contributed by atoms with Crippen LogP contribution in [0.3, 0.4) is 0 Å². The minimum absolute atomic E-state index is 0.236. The topological polar surface area (TPSA) is 35.2 Å². The van der Waals surface area contributed by atoms with Crippen LogP contribution in [0.15, 0.2) is 36.4 Å². The minimum atomic E-state index is -0.236. The van der Waals surface area contributed by atoms with Gasteiger partial charge in [-0.15, -0.1) is 0 Å². The molecule has 0 amide bonds. The van der Waals surface area contributed by atoms with Crippen LogP contribution in [-0.2, 0) is 12.8 Å². The Morgan fingerprint density at radius 2 is 1.81 bits per heavy atom. The number of halogens is 1. The Morgan fingerprint density at radius 3 is 2.43 bits per heavy atom. The third kappa shape index (κ3) is 3.39. The van der Waals surface area contributed by atoms with E-state index in [2.05, 4.69) is 32.0 Å². The van der Waals surface area contributed by atoms with Crippen LogP contribution in [0, 0.1) is 0 Å². The van der Waals surface area contributed by atoms with Crippen LogP contribution >= 0.6 is 11.6 Å². The molecule has 0 fully saturated rings. The lowest BCUT2D eigenvalue weighted by Crippen LogP contribution is -2.15. The van der Waals surface area contributed by atoms with E-state index < -0.39 is 0 Å². The average Bonchev–Trinajstić information content (AvgIpc) is 2.53. The van der Waals surface area contributed by atoms with Gasteiger partial charge in [0, 0.05) is 10.6 Å². The zero-order valence-electron chi connectivity index (χ0n) is 12.8. The van der Waals surface area contributed by atoms with Crippen molar-refractivity contribution >= 4 is 11.6 Å². The second kappa shape index (κ2) is 6.97. The van der Waals surface area contributed by atoms with E-state index in [4.69, 9.17) is 22.1 Å². The molecule has 1 atom stereocenters. The highest BCUT2D eigenvalue weighted by atomic mass is 35.5. The summed E-state index contributed by atoms with van der Waals surface area (Å²) in [7, 11) is 1.66. The van der Waals surface area contributed by atoms with Gasteiger partial charge in [-0.05, 0) is 47.7 Å². The highest BCUT2D eigenvalue weighted by Crippen LogP contribution is 2.32. The summed E-state index contributed by atoms with van der Waals surface area (Å²) in [6.07, 6.45) is 1.95. The van der Waals surface area contributed by atoms with E-state index in [9.17, 15) is 0 Å². The Hall–Kier alpha value is -1.51. The Bertz CT molecular complexity index is 625. The van der Waals surface area contributed by atoms with Crippen LogP contribution in [0.4, 0.5) is 0 Å². The SMILES string of the molecule is CCc1ccc(CC)c(C(N)c2cc(Cl)ccc2OC)c1. The molecule has 2 N–H and O–H groups in total. The Labute approximate surface area is 131 Å². The van der Waals surface area contributed by atoms with Crippen LogP contribution in [0.5, 0.6) is 5.75 Å². The van der Waals surface area contributed by atoms with Crippen molar-refractivity contribution in [1.29, 1.82) is 0 Å². The molecule has 0 aliphatic heterocycles. The summed E-state index contributed by atoms with van der Waals surface area (Å²) in [4.78, 5) is 0. The molecule has 0 aliphatic rings. The first kappa shape index (κ1) is 15.9. The van der Waals surface area contributed by atoms with Gasteiger partial charge in [-0.25, -0.2) is 0 Å². The molecular weight excluding hydrogens is 282 g/mol. The molecule has 2 aromatic rings. The number of ether oxygens (including phenoxy) is 1. The lowest BCUT2D eigenvalue weighted by molar-refractivity contribution is 0.408. The fourth-order valence-corrected chi connectivity index (χ4v) is 2.77. The first-order valence-corrected chi connectivity index (χ1v) is 7.69. The molecular formula is C18H22ClNO. The monoisotopic (exact) mass is 303 g/mol. The van der Waals surface area contributed by atoms with E-state index in [1.54, 1.807) is 7.11 Å². The largest absolute Gasteiger partial charge is 0.496 e. The van der Waals surface area contributed by atoms with Crippen molar-refractivity contribution < 1.29 is 4.74 Å². The summed E-state index contributed by atoms with van der Waals surface area (Å²) in [5.41, 5.74) is 11.2. The molecule has 1 unspecified atom stereocenters. The molecule has 0 aliphatic carbocycles. The molecule has 2 aromatic carbocycles. The predicted octanol–water partition coefficient (Wildman–Crippen LogP) is 4.52. The molecule has 0 saturated heterocycles. The van der Waals surface area contributed by atoms with Gasteiger partial charge in [0.1, 0.15) is 5.75 Å². The van der Waals surface area contributed by atoms with Gasteiger partial charge in [0.25, 0.3) is 0 Å². The normalized spacial score (nSPS) is 12.2. The molecule has 0 radical (unpaired) electrons. The van der Waals surface area contributed by atoms with Crippen molar-refractivity contribution in [2.24, 2.45) is 5.73 Å². The summed E-state index contributed by atoms with van der Waals surface area (Å²) < 4.78 is 5.43. The zero-order chi connectivity index (χ0) is 15.4. The predicted molar refractivity (Wildman–Crippen MR) is 89.2 cm³/mol. The highest BCUT2D eigenvalue weighted by molar-refractivity contribution is 6.30. The highest BCUT2D eigenvalue weighted by Gasteiger charge is 2.17. The van der Waals surface area contributed by atoms with Gasteiger partial charge in [-0.3, -0.25) is 0 Å². The van der Waals surface area contributed by atoms with Crippen LogP contribution in [0.25, 0.3) is 0 Å². The van der Waals surface area contributed by atoms with E-state index in [0.717, 1.165) is 29.7 Å². The summed E-state index contributed by atoms with van der Waals surface area (Å²) in [6.45, 7) is 4.29. The second-order valence-corrected chi connectivity index (χ2v) is 5.54. The molecule has 0 aromatic heterocycles. The number of hydrogen-bond donors (Lipinski definition) is 1. The second-order valence-electron chi connectivity index (χ2n) is 5.10. The van der Waals surface area contributed by atoms with Gasteiger partial charge < -0.3 is 10.5 Å². The van der Waals surface area contributed by atoms with E-state index in [1.165, 1.54) is 11.1 Å². The van der Waals surface area contributed by atoms with Gasteiger partial charge >= 0.3 is 0 Å². The first-order chi connectivity index (χ1) is 10.1. The van der Waals surface area contributed by atoms with Gasteiger partial charge in [-0.1, -0.05) is 43.6 Å². The summed E-state index contributed by atoms with van der Waals surface area (Å²) in [5.74, 6) is 0.774. The van der Waals surface area contributed by atoms with Crippen LogP contribution in [0.1, 0.15) is 42.1 Å². The Kier molecular flexibility index (Phi) is 5.27. The fourth-order valence-electron chi connectivity index (χ4n) is 2.59. The van der Waals surface area contributed by atoms with Gasteiger partial charge in [-0.2, -0.15) is 0 Å². The maximum atomic E-state index is 6.52. The van der Waals surface area contributed by atoms with Crippen molar-refractivity contribution in [3.8, 4) is 5.75 Å². The number of hydrogen-bond acceptors (Lipinski definition) is 2. The number of benzene rings is 2. The first-order valence-electron chi connectivity index (χ1n) is 7.31. The molecule has 2 nitrogen and oxygen atoms in total. The van der Waals surface area contributed by atoms with Crippen molar-refractivity contribution in [1.82, 2.24) is 0 Å². The van der Waals surface area contributed by atoms with Crippen LogP contribution in [-0.4, -0.2) is 7.11 Å². The zero-order valence-corrected chi connectivity index (χ0v) is 13.6. The number of methoxy groups -OCH3 is 1. The minimum Gasteiger partial charge on any atom is -0.496 e. The third-order valence-electron chi connectivity index (χ3n) is 3.86. The van der Waals surface area contributed by atoms with Crippen molar-refractivity contribution in [2.75, 3.05) is 7.11 Å². The molecule has 21 heavy (non-hydrogen) atoms. The molecule has 0 spiro atoms. The van der Waals surface area contributed by atoms with Crippen molar-refractivity contribution in [2.45, 2.75) is 32.7 Å². The van der Waals surface area contributed by atoms with E-state index in [-0.39, 0.29) is 6.04 Å². The van der Waals surface area contributed by atoms with E-state index >= 15 is 0 Å². The Balaban J connectivity index is 2.53. The van der Waals surface area contributed by atoms with Gasteiger partial charge in [0.05, 0.1) is 13.2 Å². The lowest BCUT2D eigenvalue weighted by atomic mass is 9.91. The Morgan fingerprint density at radius 1 is 1.05 bits per heavy atom. The maximum absolute atomic E-state index is 6.52. The van der Waals surface area contributed by atoms with Gasteiger partial charge in [0.2, 0.25) is 0 Å². The quantitative estimate of drug-likeness (QED) is 0.881. The smallest absolute Gasteiger partial charge is 0.124 e. The fraction of sp³-hybridized carbons (Fsp3) is 0.333. The maximum Gasteiger partial charge on any atom is 0.124 e. The molecule has 0 saturated carbocycles. The summed E-state index contributed by atoms with van der Waals surface area (Å²) in [6, 6.07) is 11.9. The third-order valence-corrected chi connectivity index (χ3v) is 4.10. The van der Waals surface area contributed by atoms with Crippen molar-refractivity contribution in [3.05, 3.63) is 63.7 Å². The van der Waals surface area contributed by atoms with Crippen LogP contribution in [0.2, 0.25) is 5.02 Å². The van der Waals surface area contributed by atoms with E-state index in [0.29, 0.717) is 5.02 Å². The van der Waals surface area contributed by atoms with Gasteiger partial charge in [0.15, 0.2) is 0 Å². The average molecular weight is 304 g/mol. The van der Waals surface area contributed by atoms with Crippen LogP contribution < -0.4 is 10.5 Å². The molecule has 112 valence electrons. The molecule has 0 bridgehead atoms. The van der Waals surface area contributed by atoms with Crippen molar-refractivity contribution in [3.63, 3.8) is 0 Å². The molecule has 3 heteroatoms. The lowest BCUT2D eigenvalue weighted by Gasteiger charge is -2.20. The standard InChI is InChI=1S/C18H22ClNO/c1-4-12-6-7-13(5-2)15(10-12)18(20)16-11-14(19)8-9-17(16)21-3/h6-11,18H,4-5,20H2,1-3H3. The molecule has 2 rings (SSSR count). The summed E-state index contributed by atoms with van der Waals surface area (Å²) >= 11 is 6.13. The number of aryl methyl sites for hydroxylation is 2. The van der Waals surface area contributed by atoms with E-state index in [1.807, 2.05) is 18.2 Å². The number of rotatable bonds is 5. The number of nitrogens with two attached hydrogens (primary N) is 1.